The molecule has 2 aromatic carbocycles. The summed E-state index contributed by atoms with van der Waals surface area (Å²) in [7, 11) is -3.76. The standard InChI is InChI=1S/C24H29N3O5S/c1-17-3-4-18(2)21(15-17)25-33(30,31)20-5-6-22-19(16-20)9-10-27(22)24(29)8-7-23(28)26-11-13-32-14-12-26/h3-6,15-16,25H,7-14H2,1-2H3. The lowest BCUT2D eigenvalue weighted by Crippen LogP contribution is -2.41. The minimum atomic E-state index is -3.76. The molecule has 2 heterocycles. The quantitative estimate of drug-likeness (QED) is 0.699. The Hall–Kier alpha value is -2.91. The molecule has 2 aliphatic heterocycles. The summed E-state index contributed by atoms with van der Waals surface area (Å²) in [5.74, 6) is -0.162. The first-order valence-electron chi connectivity index (χ1n) is 11.1. The minimum Gasteiger partial charge on any atom is -0.378 e. The normalized spacial score (nSPS) is 15.9. The van der Waals surface area contributed by atoms with Crippen molar-refractivity contribution in [3.63, 3.8) is 0 Å². The number of fused-ring (bicyclic) bond motifs is 1. The van der Waals surface area contributed by atoms with Gasteiger partial charge in [-0.05, 0) is 61.2 Å². The van der Waals surface area contributed by atoms with Gasteiger partial charge in [-0.15, -0.1) is 0 Å². The van der Waals surface area contributed by atoms with Crippen LogP contribution in [0.2, 0.25) is 0 Å². The fourth-order valence-corrected chi connectivity index (χ4v) is 5.35. The zero-order chi connectivity index (χ0) is 23.6. The largest absolute Gasteiger partial charge is 0.378 e. The Labute approximate surface area is 194 Å². The zero-order valence-electron chi connectivity index (χ0n) is 19.0. The van der Waals surface area contributed by atoms with Crippen LogP contribution >= 0.6 is 0 Å². The molecule has 2 amide bonds. The van der Waals surface area contributed by atoms with Gasteiger partial charge in [-0.2, -0.15) is 0 Å². The smallest absolute Gasteiger partial charge is 0.261 e. The molecule has 0 aromatic heterocycles. The maximum Gasteiger partial charge on any atom is 0.261 e. The number of ether oxygens (including phenoxy) is 1. The number of hydrogen-bond donors (Lipinski definition) is 1. The molecule has 9 heteroatoms. The van der Waals surface area contributed by atoms with E-state index in [4.69, 9.17) is 4.74 Å². The van der Waals surface area contributed by atoms with Crippen molar-refractivity contribution in [2.45, 2.75) is 38.0 Å². The van der Waals surface area contributed by atoms with E-state index >= 15 is 0 Å². The van der Waals surface area contributed by atoms with Gasteiger partial charge in [0.05, 0.1) is 23.8 Å². The molecule has 0 saturated carbocycles. The van der Waals surface area contributed by atoms with Crippen molar-refractivity contribution in [2.75, 3.05) is 42.5 Å². The summed E-state index contributed by atoms with van der Waals surface area (Å²) >= 11 is 0. The molecule has 2 aromatic rings. The Balaban J connectivity index is 1.43. The van der Waals surface area contributed by atoms with Crippen LogP contribution in [0.1, 0.15) is 29.5 Å². The van der Waals surface area contributed by atoms with Gasteiger partial charge in [-0.3, -0.25) is 14.3 Å². The van der Waals surface area contributed by atoms with Gasteiger partial charge in [0.1, 0.15) is 0 Å². The summed E-state index contributed by atoms with van der Waals surface area (Å²) in [5, 5.41) is 0. The van der Waals surface area contributed by atoms with Gasteiger partial charge >= 0.3 is 0 Å². The highest BCUT2D eigenvalue weighted by Gasteiger charge is 2.28. The second-order valence-electron chi connectivity index (χ2n) is 8.50. The second kappa shape index (κ2) is 9.52. The maximum absolute atomic E-state index is 13.0. The fourth-order valence-electron chi connectivity index (χ4n) is 4.17. The molecule has 1 N–H and O–H groups in total. The van der Waals surface area contributed by atoms with E-state index in [1.165, 1.54) is 6.07 Å². The molecule has 0 spiro atoms. The molecule has 0 bridgehead atoms. The molecule has 33 heavy (non-hydrogen) atoms. The topological polar surface area (TPSA) is 96.0 Å². The molecule has 1 saturated heterocycles. The van der Waals surface area contributed by atoms with Crippen LogP contribution < -0.4 is 9.62 Å². The van der Waals surface area contributed by atoms with Gasteiger partial charge in [0.25, 0.3) is 10.0 Å². The number of morpholine rings is 1. The number of amides is 2. The van der Waals surface area contributed by atoms with E-state index in [9.17, 15) is 18.0 Å². The number of anilines is 2. The lowest BCUT2D eigenvalue weighted by Gasteiger charge is -2.27. The van der Waals surface area contributed by atoms with Crippen LogP contribution in [0.3, 0.4) is 0 Å². The first kappa shape index (κ1) is 23.3. The van der Waals surface area contributed by atoms with Gasteiger partial charge in [0, 0.05) is 38.2 Å². The Bertz CT molecular complexity index is 1170. The molecule has 1 fully saturated rings. The number of sulfonamides is 1. The third-order valence-corrected chi connectivity index (χ3v) is 7.47. The number of nitrogens with one attached hydrogen (secondary N) is 1. The number of carbonyl (C=O) groups is 2. The van der Waals surface area contributed by atoms with E-state index in [2.05, 4.69) is 4.72 Å². The van der Waals surface area contributed by atoms with Gasteiger partial charge in [0.2, 0.25) is 11.8 Å². The molecule has 8 nitrogen and oxygen atoms in total. The van der Waals surface area contributed by atoms with Crippen LogP contribution in [0.4, 0.5) is 11.4 Å². The predicted molar refractivity (Wildman–Crippen MR) is 126 cm³/mol. The van der Waals surface area contributed by atoms with Crippen LogP contribution in [0.15, 0.2) is 41.3 Å². The van der Waals surface area contributed by atoms with E-state index in [-0.39, 0.29) is 29.6 Å². The van der Waals surface area contributed by atoms with Crippen LogP contribution in [0.5, 0.6) is 0 Å². The van der Waals surface area contributed by atoms with Crippen LogP contribution in [0, 0.1) is 13.8 Å². The molecular weight excluding hydrogens is 442 g/mol. The first-order chi connectivity index (χ1) is 15.7. The van der Waals surface area contributed by atoms with Crippen molar-refractivity contribution in [1.29, 1.82) is 0 Å². The molecule has 0 unspecified atom stereocenters. The average Bonchev–Trinajstić information content (AvgIpc) is 3.23. The van der Waals surface area contributed by atoms with Crippen molar-refractivity contribution in [3.05, 3.63) is 53.1 Å². The summed E-state index contributed by atoms with van der Waals surface area (Å²) in [6.07, 6.45) is 0.867. The molecule has 0 atom stereocenters. The van der Waals surface area contributed by atoms with Gasteiger partial charge < -0.3 is 14.5 Å². The highest BCUT2D eigenvalue weighted by atomic mass is 32.2. The van der Waals surface area contributed by atoms with E-state index in [0.29, 0.717) is 50.6 Å². The molecule has 0 radical (unpaired) electrons. The highest BCUT2D eigenvalue weighted by molar-refractivity contribution is 7.92. The highest BCUT2D eigenvalue weighted by Crippen LogP contribution is 2.32. The van der Waals surface area contributed by atoms with Gasteiger partial charge in [-0.1, -0.05) is 12.1 Å². The maximum atomic E-state index is 13.0. The molecule has 2 aliphatic rings. The van der Waals surface area contributed by atoms with Crippen molar-refractivity contribution in [3.8, 4) is 0 Å². The average molecular weight is 472 g/mol. The summed E-state index contributed by atoms with van der Waals surface area (Å²) in [6.45, 7) is 6.43. The van der Waals surface area contributed by atoms with Crippen LogP contribution in [-0.2, 0) is 30.8 Å². The van der Waals surface area contributed by atoms with Gasteiger partial charge in [0.15, 0.2) is 0 Å². The number of hydrogen-bond acceptors (Lipinski definition) is 5. The van der Waals surface area contributed by atoms with Crippen molar-refractivity contribution < 1.29 is 22.7 Å². The fraction of sp³-hybridized carbons (Fsp3) is 0.417. The second-order valence-corrected chi connectivity index (χ2v) is 10.2. The SMILES string of the molecule is Cc1ccc(C)c(NS(=O)(=O)c2ccc3c(c2)CCN3C(=O)CCC(=O)N2CCOCC2)c1. The Kier molecular flexibility index (Phi) is 6.71. The number of nitrogens with zero attached hydrogens (tertiary/aromatic N) is 2. The van der Waals surface area contributed by atoms with Crippen molar-refractivity contribution >= 4 is 33.2 Å². The van der Waals surface area contributed by atoms with E-state index in [1.807, 2.05) is 26.0 Å². The van der Waals surface area contributed by atoms with Crippen molar-refractivity contribution in [1.82, 2.24) is 4.90 Å². The first-order valence-corrected chi connectivity index (χ1v) is 12.6. The molecular formula is C24H29N3O5S. The lowest BCUT2D eigenvalue weighted by molar-refractivity contribution is -0.136. The third-order valence-electron chi connectivity index (χ3n) is 6.11. The third kappa shape index (κ3) is 5.20. The lowest BCUT2D eigenvalue weighted by atomic mass is 10.1. The Morgan fingerprint density at radius 2 is 1.70 bits per heavy atom. The molecule has 0 aliphatic carbocycles. The van der Waals surface area contributed by atoms with Crippen molar-refractivity contribution in [2.24, 2.45) is 0 Å². The van der Waals surface area contributed by atoms with Gasteiger partial charge in [-0.25, -0.2) is 8.42 Å². The number of carbonyl (C=O) groups excluding carboxylic acids is 2. The number of aryl methyl sites for hydroxylation is 2. The predicted octanol–water partition coefficient (Wildman–Crippen LogP) is 2.63. The van der Waals surface area contributed by atoms with E-state index in [1.54, 1.807) is 28.0 Å². The minimum absolute atomic E-state index is 0.0370. The van der Waals surface area contributed by atoms with Crippen LogP contribution in [-0.4, -0.2) is 58.0 Å². The number of benzene rings is 2. The molecule has 176 valence electrons. The van der Waals surface area contributed by atoms with E-state index in [0.717, 1.165) is 16.7 Å². The Morgan fingerprint density at radius 1 is 0.970 bits per heavy atom. The summed E-state index contributed by atoms with van der Waals surface area (Å²) in [6, 6.07) is 10.5. The number of rotatable bonds is 6. The summed E-state index contributed by atoms with van der Waals surface area (Å²) in [5.41, 5.74) is 3.88. The zero-order valence-corrected chi connectivity index (χ0v) is 19.8. The summed E-state index contributed by atoms with van der Waals surface area (Å²) in [4.78, 5) is 28.7. The molecule has 4 rings (SSSR count). The Morgan fingerprint density at radius 3 is 2.45 bits per heavy atom. The van der Waals surface area contributed by atoms with Crippen LogP contribution in [0.25, 0.3) is 0 Å². The summed E-state index contributed by atoms with van der Waals surface area (Å²) < 4.78 is 33.9. The monoisotopic (exact) mass is 471 g/mol. The van der Waals surface area contributed by atoms with E-state index < -0.39 is 10.0 Å².